The van der Waals surface area contributed by atoms with E-state index < -0.39 is 0 Å². The minimum atomic E-state index is -0.0908. The van der Waals surface area contributed by atoms with Gasteiger partial charge in [-0.2, -0.15) is 0 Å². The molecule has 0 aromatic heterocycles. The maximum atomic E-state index is 11.8. The first-order valence-electron chi connectivity index (χ1n) is 6.18. The van der Waals surface area contributed by atoms with Gasteiger partial charge in [-0.15, -0.1) is 0 Å². The fourth-order valence-electron chi connectivity index (χ4n) is 2.03. The van der Waals surface area contributed by atoms with Crippen molar-refractivity contribution in [1.82, 2.24) is 15.3 Å². The van der Waals surface area contributed by atoms with E-state index in [2.05, 4.69) is 10.3 Å². The van der Waals surface area contributed by atoms with Crippen molar-refractivity contribution in [3.63, 3.8) is 0 Å². The van der Waals surface area contributed by atoms with Gasteiger partial charge in [-0.25, -0.2) is 0 Å². The van der Waals surface area contributed by atoms with Gasteiger partial charge < -0.3 is 4.90 Å². The fourth-order valence-corrected chi connectivity index (χ4v) is 3.16. The Labute approximate surface area is 116 Å². The minimum Gasteiger partial charge on any atom is -0.358 e. The molecular weight excluding hydrogens is 270 g/mol. The lowest BCUT2D eigenvalue weighted by Crippen LogP contribution is -2.40. The highest BCUT2D eigenvalue weighted by Gasteiger charge is 2.24. The summed E-state index contributed by atoms with van der Waals surface area (Å²) in [6, 6.07) is 0. The molecule has 0 atom stereocenters. The average Bonchev–Trinajstić information content (AvgIpc) is 2.83. The van der Waals surface area contributed by atoms with Crippen molar-refractivity contribution in [3.05, 3.63) is 0 Å². The number of nitrogens with zero attached hydrogens (tertiary/aromatic N) is 2. The molecule has 1 N–H and O–H groups in total. The normalized spacial score (nSPS) is 19.9. The molecule has 0 aromatic carbocycles. The van der Waals surface area contributed by atoms with Crippen LogP contribution in [0.4, 0.5) is 0 Å². The van der Waals surface area contributed by atoms with Crippen molar-refractivity contribution in [3.8, 4) is 0 Å². The van der Waals surface area contributed by atoms with E-state index in [4.69, 9.17) is 12.2 Å². The van der Waals surface area contributed by atoms with Gasteiger partial charge in [0.1, 0.15) is 4.32 Å². The van der Waals surface area contributed by atoms with Crippen LogP contribution >= 0.6 is 24.0 Å². The molecule has 0 bridgehead atoms. The van der Waals surface area contributed by atoms with Gasteiger partial charge >= 0.3 is 0 Å². The Bertz CT molecular complexity index is 356. The summed E-state index contributed by atoms with van der Waals surface area (Å²) in [6.07, 6.45) is 4.02. The molecule has 18 heavy (non-hydrogen) atoms. The van der Waals surface area contributed by atoms with Gasteiger partial charge in [0.25, 0.3) is 5.91 Å². The summed E-state index contributed by atoms with van der Waals surface area (Å²) >= 11 is 6.72. The fraction of sp³-hybridized carbons (Fsp3) is 0.727. The van der Waals surface area contributed by atoms with Crippen LogP contribution < -0.4 is 5.43 Å². The molecule has 2 heterocycles. The van der Waals surface area contributed by atoms with Crippen molar-refractivity contribution in [2.75, 3.05) is 25.4 Å². The zero-order valence-corrected chi connectivity index (χ0v) is 11.8. The van der Waals surface area contributed by atoms with E-state index in [1.54, 1.807) is 0 Å². The van der Waals surface area contributed by atoms with Gasteiger partial charge in [0.05, 0.1) is 12.3 Å². The third-order valence-electron chi connectivity index (χ3n) is 3.06. The monoisotopic (exact) mass is 287 g/mol. The summed E-state index contributed by atoms with van der Waals surface area (Å²) in [4.78, 5) is 25.0. The minimum absolute atomic E-state index is 0.0785. The standard InChI is InChI=1S/C11H17N3O2S2/c15-9-4-7-14(12-9)10(16)8-18-11(17)13-5-2-1-3-6-13/h1-8H2,(H,12,15). The molecule has 0 spiro atoms. The zero-order valence-electron chi connectivity index (χ0n) is 10.2. The SMILES string of the molecule is O=C1CCN(C(=O)CSC(=S)N2CCCCC2)N1. The first-order chi connectivity index (χ1) is 8.66. The molecule has 2 fully saturated rings. The first kappa shape index (κ1) is 13.6. The van der Waals surface area contributed by atoms with E-state index in [0.717, 1.165) is 17.4 Å². The highest BCUT2D eigenvalue weighted by Crippen LogP contribution is 2.16. The van der Waals surface area contributed by atoms with Crippen LogP contribution in [0.2, 0.25) is 0 Å². The van der Waals surface area contributed by atoms with Gasteiger partial charge in [0.2, 0.25) is 5.91 Å². The number of amides is 2. The Kier molecular flexibility index (Phi) is 4.82. The van der Waals surface area contributed by atoms with Gasteiger partial charge in [-0.3, -0.25) is 20.0 Å². The van der Waals surface area contributed by atoms with Crippen molar-refractivity contribution in [1.29, 1.82) is 0 Å². The van der Waals surface area contributed by atoms with Crippen LogP contribution in [0.25, 0.3) is 0 Å². The second-order valence-corrected chi connectivity index (χ2v) is 6.04. The Morgan fingerprint density at radius 2 is 2.00 bits per heavy atom. The van der Waals surface area contributed by atoms with Crippen LogP contribution in [0.15, 0.2) is 0 Å². The quantitative estimate of drug-likeness (QED) is 0.760. The molecule has 100 valence electrons. The van der Waals surface area contributed by atoms with Gasteiger partial charge in [0, 0.05) is 19.5 Å². The van der Waals surface area contributed by atoms with Crippen LogP contribution in [0.1, 0.15) is 25.7 Å². The largest absolute Gasteiger partial charge is 0.358 e. The number of thiocarbonyl (C=S) groups is 1. The topological polar surface area (TPSA) is 52.7 Å². The van der Waals surface area contributed by atoms with Crippen LogP contribution in [-0.4, -0.2) is 51.4 Å². The maximum absolute atomic E-state index is 11.8. The number of carbonyl (C=O) groups excluding carboxylic acids is 2. The summed E-state index contributed by atoms with van der Waals surface area (Å²) < 4.78 is 0.800. The first-order valence-corrected chi connectivity index (χ1v) is 7.58. The molecule has 2 saturated heterocycles. The van der Waals surface area contributed by atoms with Crippen LogP contribution in [0, 0.1) is 0 Å². The van der Waals surface area contributed by atoms with E-state index in [1.165, 1.54) is 36.0 Å². The number of hydrogen-bond acceptors (Lipinski definition) is 4. The number of rotatable bonds is 2. The summed E-state index contributed by atoms with van der Waals surface area (Å²) in [7, 11) is 0. The van der Waals surface area contributed by atoms with E-state index in [-0.39, 0.29) is 11.8 Å². The lowest BCUT2D eigenvalue weighted by molar-refractivity contribution is -0.133. The van der Waals surface area contributed by atoms with Crippen molar-refractivity contribution < 1.29 is 9.59 Å². The van der Waals surface area contributed by atoms with E-state index in [0.29, 0.717) is 18.7 Å². The molecule has 0 radical (unpaired) electrons. The predicted octanol–water partition coefficient (Wildman–Crippen LogP) is 0.754. The lowest BCUT2D eigenvalue weighted by atomic mass is 10.1. The molecule has 2 aliphatic heterocycles. The predicted molar refractivity (Wildman–Crippen MR) is 75.0 cm³/mol. The molecular formula is C11H17N3O2S2. The number of nitrogens with one attached hydrogen (secondary N) is 1. The van der Waals surface area contributed by atoms with Crippen molar-refractivity contribution >= 4 is 40.1 Å². The summed E-state index contributed by atoms with van der Waals surface area (Å²) in [6.45, 7) is 2.47. The molecule has 7 heteroatoms. The summed E-state index contributed by atoms with van der Waals surface area (Å²) in [5.74, 6) is 0.132. The summed E-state index contributed by atoms with van der Waals surface area (Å²) in [5, 5.41) is 1.38. The molecule has 0 saturated carbocycles. The maximum Gasteiger partial charge on any atom is 0.251 e. The zero-order chi connectivity index (χ0) is 13.0. The Morgan fingerprint density at radius 3 is 2.61 bits per heavy atom. The van der Waals surface area contributed by atoms with Gasteiger partial charge in [0.15, 0.2) is 0 Å². The molecule has 2 aliphatic rings. The number of hydrogen-bond donors (Lipinski definition) is 1. The number of likely N-dealkylation sites (tertiary alicyclic amines) is 1. The highest BCUT2D eigenvalue weighted by atomic mass is 32.2. The lowest BCUT2D eigenvalue weighted by Gasteiger charge is -2.28. The second-order valence-electron chi connectivity index (χ2n) is 4.43. The van der Waals surface area contributed by atoms with Crippen molar-refractivity contribution in [2.45, 2.75) is 25.7 Å². The van der Waals surface area contributed by atoms with Gasteiger partial charge in [-0.1, -0.05) is 24.0 Å². The van der Waals surface area contributed by atoms with Crippen molar-refractivity contribution in [2.24, 2.45) is 0 Å². The molecule has 2 rings (SSSR count). The number of piperidine rings is 1. The molecule has 0 aliphatic carbocycles. The van der Waals surface area contributed by atoms with Crippen LogP contribution in [0.3, 0.4) is 0 Å². The summed E-state index contributed by atoms with van der Waals surface area (Å²) in [5.41, 5.74) is 2.53. The van der Waals surface area contributed by atoms with Gasteiger partial charge in [-0.05, 0) is 19.3 Å². The Balaban J connectivity index is 1.71. The second kappa shape index (κ2) is 6.38. The Hall–Kier alpha value is -0.820. The van der Waals surface area contributed by atoms with E-state index >= 15 is 0 Å². The van der Waals surface area contributed by atoms with E-state index in [9.17, 15) is 9.59 Å². The molecule has 0 unspecified atom stereocenters. The van der Waals surface area contributed by atoms with E-state index in [1.807, 2.05) is 0 Å². The third kappa shape index (κ3) is 3.58. The molecule has 2 amide bonds. The number of carbonyl (C=O) groups is 2. The highest BCUT2D eigenvalue weighted by molar-refractivity contribution is 8.23. The number of hydrazine groups is 1. The van der Waals surface area contributed by atoms with Crippen LogP contribution in [0.5, 0.6) is 0 Å². The van der Waals surface area contributed by atoms with Crippen LogP contribution in [-0.2, 0) is 9.59 Å². The third-order valence-corrected chi connectivity index (χ3v) is 4.56. The molecule has 5 nitrogen and oxygen atoms in total. The molecule has 0 aromatic rings. The Morgan fingerprint density at radius 1 is 1.28 bits per heavy atom. The smallest absolute Gasteiger partial charge is 0.251 e. The average molecular weight is 287 g/mol. The number of thioether (sulfide) groups is 1.